The van der Waals surface area contributed by atoms with Crippen LogP contribution in [0.15, 0.2) is 4.99 Å². The van der Waals surface area contributed by atoms with Gasteiger partial charge in [0.05, 0.1) is 6.54 Å². The van der Waals surface area contributed by atoms with Crippen LogP contribution >= 0.6 is 24.0 Å². The Hall–Kier alpha value is -0.0800. The largest absolute Gasteiger partial charge is 0.357 e. The third-order valence-electron chi connectivity index (χ3n) is 5.18. The van der Waals surface area contributed by atoms with Gasteiger partial charge in [-0.25, -0.2) is 0 Å². The van der Waals surface area contributed by atoms with Gasteiger partial charge in [-0.1, -0.05) is 40.0 Å². The van der Waals surface area contributed by atoms with E-state index < -0.39 is 0 Å². The Labute approximate surface area is 179 Å². The summed E-state index contributed by atoms with van der Waals surface area (Å²) in [6.45, 7) is 17.7. The van der Waals surface area contributed by atoms with Gasteiger partial charge in [-0.15, -0.1) is 24.0 Å². The Morgan fingerprint density at radius 2 is 1.69 bits per heavy atom. The van der Waals surface area contributed by atoms with Gasteiger partial charge in [-0.3, -0.25) is 9.89 Å². The summed E-state index contributed by atoms with van der Waals surface area (Å²) in [5.74, 6) is 1.60. The first-order valence-electron chi connectivity index (χ1n) is 10.4. The zero-order chi connectivity index (χ0) is 18.7. The van der Waals surface area contributed by atoms with Crippen LogP contribution in [0.5, 0.6) is 0 Å². The highest BCUT2D eigenvalue weighted by molar-refractivity contribution is 14.0. The van der Waals surface area contributed by atoms with Crippen LogP contribution < -0.4 is 10.6 Å². The number of guanidine groups is 1. The van der Waals surface area contributed by atoms with E-state index in [-0.39, 0.29) is 24.0 Å². The van der Waals surface area contributed by atoms with Crippen molar-refractivity contribution in [2.45, 2.75) is 72.4 Å². The summed E-state index contributed by atoms with van der Waals surface area (Å²) < 4.78 is 0. The molecule has 0 aromatic carbocycles. The third-order valence-corrected chi connectivity index (χ3v) is 5.18. The molecule has 2 atom stereocenters. The monoisotopic (exact) mass is 481 g/mol. The summed E-state index contributed by atoms with van der Waals surface area (Å²) in [5.41, 5.74) is 0. The predicted octanol–water partition coefficient (Wildman–Crippen LogP) is 3.40. The second-order valence-corrected chi connectivity index (χ2v) is 7.91. The molecule has 1 saturated heterocycles. The second kappa shape index (κ2) is 14.9. The van der Waals surface area contributed by atoms with E-state index in [1.54, 1.807) is 0 Å². The quantitative estimate of drug-likeness (QED) is 0.217. The minimum absolute atomic E-state index is 0. The molecule has 2 N–H and O–H groups in total. The van der Waals surface area contributed by atoms with E-state index in [1.165, 1.54) is 38.8 Å². The van der Waals surface area contributed by atoms with Gasteiger partial charge >= 0.3 is 0 Å². The molecule has 156 valence electrons. The average molecular weight is 482 g/mol. The number of nitrogens with one attached hydrogen (secondary N) is 2. The minimum atomic E-state index is 0. The van der Waals surface area contributed by atoms with Crippen molar-refractivity contribution in [3.8, 4) is 0 Å². The topological polar surface area (TPSA) is 42.9 Å². The molecule has 2 unspecified atom stereocenters. The van der Waals surface area contributed by atoms with E-state index in [4.69, 9.17) is 4.99 Å². The van der Waals surface area contributed by atoms with E-state index in [0.717, 1.165) is 32.1 Å². The van der Waals surface area contributed by atoms with Crippen molar-refractivity contribution >= 4 is 29.9 Å². The molecule has 5 nitrogen and oxygen atoms in total. The Kier molecular flexibility index (Phi) is 14.9. The fourth-order valence-electron chi connectivity index (χ4n) is 3.41. The highest BCUT2D eigenvalue weighted by atomic mass is 127. The number of hydrogen-bond acceptors (Lipinski definition) is 3. The van der Waals surface area contributed by atoms with Gasteiger partial charge in [0.2, 0.25) is 0 Å². The molecular weight excluding hydrogens is 437 g/mol. The standard InChI is InChI=1S/C20H43N5.HI/c1-7-9-10-11-18(5)23-20(21-8-2)22-16-19(17(3)4)25-14-12-24(6)13-15-25;/h17-19H,7-16H2,1-6H3,(H2,21,22,23);1H. The number of halogens is 1. The molecule has 1 aliphatic heterocycles. The summed E-state index contributed by atoms with van der Waals surface area (Å²) in [7, 11) is 2.22. The lowest BCUT2D eigenvalue weighted by Gasteiger charge is -2.39. The Morgan fingerprint density at radius 3 is 2.23 bits per heavy atom. The van der Waals surface area contributed by atoms with Crippen LogP contribution in [0.4, 0.5) is 0 Å². The molecule has 1 aliphatic rings. The van der Waals surface area contributed by atoms with Gasteiger partial charge in [0.15, 0.2) is 5.96 Å². The zero-order valence-electron chi connectivity index (χ0n) is 18.1. The number of hydrogen-bond donors (Lipinski definition) is 2. The van der Waals surface area contributed by atoms with Crippen molar-refractivity contribution < 1.29 is 0 Å². The molecular formula is C20H44IN5. The first kappa shape index (κ1) is 25.9. The van der Waals surface area contributed by atoms with Crippen LogP contribution in [-0.2, 0) is 0 Å². The van der Waals surface area contributed by atoms with E-state index >= 15 is 0 Å². The fraction of sp³-hybridized carbons (Fsp3) is 0.950. The smallest absolute Gasteiger partial charge is 0.191 e. The van der Waals surface area contributed by atoms with Crippen LogP contribution in [0.25, 0.3) is 0 Å². The maximum Gasteiger partial charge on any atom is 0.191 e. The van der Waals surface area contributed by atoms with Crippen LogP contribution in [0.3, 0.4) is 0 Å². The average Bonchev–Trinajstić information content (AvgIpc) is 2.56. The van der Waals surface area contributed by atoms with Gasteiger partial charge in [0.1, 0.15) is 0 Å². The number of likely N-dealkylation sites (N-methyl/N-ethyl adjacent to an activating group) is 1. The SMILES string of the molecule is CCCCCC(C)NC(=NCC(C(C)C)N1CCN(C)CC1)NCC.I. The molecule has 0 aromatic heterocycles. The van der Waals surface area contributed by atoms with E-state index in [9.17, 15) is 0 Å². The molecule has 6 heteroatoms. The fourth-order valence-corrected chi connectivity index (χ4v) is 3.41. The molecule has 0 amide bonds. The molecule has 0 aromatic rings. The van der Waals surface area contributed by atoms with Crippen LogP contribution in [0.2, 0.25) is 0 Å². The molecule has 0 radical (unpaired) electrons. The van der Waals surface area contributed by atoms with Gasteiger partial charge in [0, 0.05) is 44.8 Å². The zero-order valence-corrected chi connectivity index (χ0v) is 20.4. The summed E-state index contributed by atoms with van der Waals surface area (Å²) in [6.07, 6.45) is 5.10. The number of nitrogens with zero attached hydrogens (tertiary/aromatic N) is 3. The van der Waals surface area contributed by atoms with Crippen LogP contribution in [-0.4, -0.2) is 74.2 Å². The van der Waals surface area contributed by atoms with Gasteiger partial charge in [-0.05, 0) is 33.2 Å². The molecule has 0 spiro atoms. The van der Waals surface area contributed by atoms with Crippen molar-refractivity contribution in [2.24, 2.45) is 10.9 Å². The summed E-state index contributed by atoms with van der Waals surface area (Å²) >= 11 is 0. The maximum atomic E-state index is 4.94. The second-order valence-electron chi connectivity index (χ2n) is 7.91. The van der Waals surface area contributed by atoms with E-state index in [1.807, 2.05) is 0 Å². The lowest BCUT2D eigenvalue weighted by Crippen LogP contribution is -2.52. The molecule has 26 heavy (non-hydrogen) atoms. The molecule has 0 saturated carbocycles. The Morgan fingerprint density at radius 1 is 1.04 bits per heavy atom. The lowest BCUT2D eigenvalue weighted by atomic mass is 10.0. The third kappa shape index (κ3) is 10.3. The number of unbranched alkanes of at least 4 members (excludes halogenated alkanes) is 2. The highest BCUT2D eigenvalue weighted by Gasteiger charge is 2.24. The lowest BCUT2D eigenvalue weighted by molar-refractivity contribution is 0.0925. The Bertz CT molecular complexity index is 367. The highest BCUT2D eigenvalue weighted by Crippen LogP contribution is 2.14. The van der Waals surface area contributed by atoms with E-state index in [0.29, 0.717) is 18.0 Å². The van der Waals surface area contributed by atoms with Crippen LogP contribution in [0, 0.1) is 5.92 Å². The van der Waals surface area contributed by atoms with Gasteiger partial charge in [0.25, 0.3) is 0 Å². The molecule has 1 fully saturated rings. The van der Waals surface area contributed by atoms with Crippen molar-refractivity contribution in [1.29, 1.82) is 0 Å². The van der Waals surface area contributed by atoms with Crippen molar-refractivity contribution in [3.05, 3.63) is 0 Å². The number of rotatable bonds is 10. The minimum Gasteiger partial charge on any atom is -0.357 e. The van der Waals surface area contributed by atoms with Crippen molar-refractivity contribution in [1.82, 2.24) is 20.4 Å². The molecule has 1 heterocycles. The normalized spacial score (nSPS) is 19.1. The van der Waals surface area contributed by atoms with Crippen LogP contribution in [0.1, 0.15) is 60.3 Å². The van der Waals surface area contributed by atoms with Crippen molar-refractivity contribution in [3.63, 3.8) is 0 Å². The summed E-state index contributed by atoms with van der Waals surface area (Å²) in [5, 5.41) is 7.01. The number of aliphatic imine (C=N–C) groups is 1. The first-order valence-corrected chi connectivity index (χ1v) is 10.4. The van der Waals surface area contributed by atoms with Gasteiger partial charge < -0.3 is 15.5 Å². The summed E-state index contributed by atoms with van der Waals surface area (Å²) in [6, 6.07) is 1.00. The first-order chi connectivity index (χ1) is 12.0. The predicted molar refractivity (Wildman–Crippen MR) is 126 cm³/mol. The van der Waals surface area contributed by atoms with E-state index in [2.05, 4.69) is 62.1 Å². The van der Waals surface area contributed by atoms with Gasteiger partial charge in [-0.2, -0.15) is 0 Å². The number of piperazine rings is 1. The Balaban J connectivity index is 0.00000625. The molecule has 1 rings (SSSR count). The summed E-state index contributed by atoms with van der Waals surface area (Å²) in [4.78, 5) is 9.98. The van der Waals surface area contributed by atoms with Crippen molar-refractivity contribution in [2.75, 3.05) is 46.3 Å². The maximum absolute atomic E-state index is 4.94. The molecule has 0 bridgehead atoms. The molecule has 0 aliphatic carbocycles.